The number of hydrogen-bond donors (Lipinski definition) is 1. The molecule has 2 aromatic carbocycles. The van der Waals surface area contributed by atoms with Gasteiger partial charge in [0.15, 0.2) is 0 Å². The minimum absolute atomic E-state index is 0.109. The van der Waals surface area contributed by atoms with Crippen molar-refractivity contribution in [2.75, 3.05) is 11.9 Å². The first-order chi connectivity index (χ1) is 16.6. The maximum Gasteiger partial charge on any atom is 0.273 e. The van der Waals surface area contributed by atoms with Crippen LogP contribution in [0.4, 0.5) is 11.5 Å². The second kappa shape index (κ2) is 8.31. The standard InChI is InChI=1S/C24H19N7O2S/c1-14-3-2-4-16(9-14)27-22-17-11-31(8-7-18(17)25-13-26-22)24(32)21-12-34-23(28-21)15-5-6-19-20(10-15)30-33-29-19/h2-6,9-10,12-13H,7-8,11H2,1H3,(H,25,26,27). The van der Waals surface area contributed by atoms with Gasteiger partial charge in [0.25, 0.3) is 5.91 Å². The van der Waals surface area contributed by atoms with Crippen LogP contribution < -0.4 is 5.32 Å². The lowest BCUT2D eigenvalue weighted by Crippen LogP contribution is -2.37. The Morgan fingerprint density at radius 3 is 2.94 bits per heavy atom. The molecule has 0 spiro atoms. The van der Waals surface area contributed by atoms with Gasteiger partial charge < -0.3 is 10.2 Å². The van der Waals surface area contributed by atoms with E-state index in [0.29, 0.717) is 36.2 Å². The number of benzene rings is 2. The molecule has 6 rings (SSSR count). The molecule has 0 unspecified atom stereocenters. The fourth-order valence-corrected chi connectivity index (χ4v) is 4.85. The molecule has 0 saturated heterocycles. The van der Waals surface area contributed by atoms with Gasteiger partial charge in [-0.2, -0.15) is 0 Å². The fourth-order valence-electron chi connectivity index (χ4n) is 4.06. The van der Waals surface area contributed by atoms with E-state index < -0.39 is 0 Å². The number of nitrogens with one attached hydrogen (secondary N) is 1. The Labute approximate surface area is 198 Å². The minimum atomic E-state index is -0.109. The maximum atomic E-state index is 13.3. The summed E-state index contributed by atoms with van der Waals surface area (Å²) >= 11 is 1.42. The van der Waals surface area contributed by atoms with Crippen LogP contribution in [0.25, 0.3) is 21.6 Å². The van der Waals surface area contributed by atoms with E-state index >= 15 is 0 Å². The summed E-state index contributed by atoms with van der Waals surface area (Å²) < 4.78 is 4.77. The summed E-state index contributed by atoms with van der Waals surface area (Å²) in [5.41, 5.74) is 6.63. The van der Waals surface area contributed by atoms with E-state index in [0.717, 1.165) is 38.9 Å². The Morgan fingerprint density at radius 1 is 1.12 bits per heavy atom. The molecule has 4 heterocycles. The van der Waals surface area contributed by atoms with E-state index in [-0.39, 0.29) is 5.91 Å². The maximum absolute atomic E-state index is 13.3. The first kappa shape index (κ1) is 20.4. The summed E-state index contributed by atoms with van der Waals surface area (Å²) in [6.07, 6.45) is 2.24. The molecule has 1 amide bonds. The molecule has 0 radical (unpaired) electrons. The van der Waals surface area contributed by atoms with Crippen molar-refractivity contribution in [2.24, 2.45) is 0 Å². The number of aryl methyl sites for hydroxylation is 1. The Kier molecular flexibility index (Phi) is 4.99. The van der Waals surface area contributed by atoms with Gasteiger partial charge in [-0.15, -0.1) is 11.3 Å². The van der Waals surface area contributed by atoms with Crippen LogP contribution in [0.5, 0.6) is 0 Å². The van der Waals surface area contributed by atoms with Crippen LogP contribution in [-0.2, 0) is 13.0 Å². The van der Waals surface area contributed by atoms with Crippen LogP contribution in [-0.4, -0.2) is 42.6 Å². The molecule has 34 heavy (non-hydrogen) atoms. The van der Waals surface area contributed by atoms with E-state index in [9.17, 15) is 4.79 Å². The lowest BCUT2D eigenvalue weighted by atomic mass is 10.1. The summed E-state index contributed by atoms with van der Waals surface area (Å²) in [4.78, 5) is 28.6. The van der Waals surface area contributed by atoms with Gasteiger partial charge in [0, 0.05) is 35.2 Å². The molecule has 0 bridgehead atoms. The van der Waals surface area contributed by atoms with Gasteiger partial charge in [-0.1, -0.05) is 12.1 Å². The van der Waals surface area contributed by atoms with Crippen molar-refractivity contribution in [3.63, 3.8) is 0 Å². The topological polar surface area (TPSA) is 110 Å². The average Bonchev–Trinajstić information content (AvgIpc) is 3.53. The first-order valence-electron chi connectivity index (χ1n) is 10.8. The number of fused-ring (bicyclic) bond motifs is 2. The van der Waals surface area contributed by atoms with Crippen LogP contribution in [0.15, 0.2) is 58.8 Å². The van der Waals surface area contributed by atoms with E-state index in [1.165, 1.54) is 11.3 Å². The fraction of sp³-hybridized carbons (Fsp3) is 0.167. The molecule has 3 aromatic heterocycles. The molecule has 1 aliphatic rings. The van der Waals surface area contributed by atoms with Gasteiger partial charge >= 0.3 is 0 Å². The van der Waals surface area contributed by atoms with Crippen molar-refractivity contribution >= 4 is 39.8 Å². The Morgan fingerprint density at radius 2 is 2.03 bits per heavy atom. The third-order valence-electron chi connectivity index (χ3n) is 5.79. The number of nitrogens with zero attached hydrogens (tertiary/aromatic N) is 6. The molecular weight excluding hydrogens is 450 g/mol. The molecule has 0 aliphatic carbocycles. The molecule has 0 atom stereocenters. The normalized spacial score (nSPS) is 13.1. The quantitative estimate of drug-likeness (QED) is 0.413. The highest BCUT2D eigenvalue weighted by Crippen LogP contribution is 2.29. The summed E-state index contributed by atoms with van der Waals surface area (Å²) in [5, 5.41) is 13.6. The number of amides is 1. The summed E-state index contributed by atoms with van der Waals surface area (Å²) in [7, 11) is 0. The smallest absolute Gasteiger partial charge is 0.273 e. The van der Waals surface area contributed by atoms with Crippen molar-refractivity contribution in [1.82, 2.24) is 30.2 Å². The average molecular weight is 470 g/mol. The number of carbonyl (C=O) groups excluding carboxylic acids is 1. The molecule has 1 aliphatic heterocycles. The highest BCUT2D eigenvalue weighted by molar-refractivity contribution is 7.13. The van der Waals surface area contributed by atoms with Crippen molar-refractivity contribution < 1.29 is 9.42 Å². The molecule has 5 aromatic rings. The lowest BCUT2D eigenvalue weighted by molar-refractivity contribution is 0.0728. The van der Waals surface area contributed by atoms with Crippen molar-refractivity contribution in [3.8, 4) is 10.6 Å². The highest BCUT2D eigenvalue weighted by atomic mass is 32.1. The number of rotatable bonds is 4. The Balaban J connectivity index is 1.24. The molecule has 168 valence electrons. The van der Waals surface area contributed by atoms with Crippen LogP contribution in [0.1, 0.15) is 27.3 Å². The van der Waals surface area contributed by atoms with Gasteiger partial charge in [0.05, 0.1) is 12.2 Å². The molecule has 0 fully saturated rings. The Hall–Kier alpha value is -4.18. The van der Waals surface area contributed by atoms with Crippen LogP contribution >= 0.6 is 11.3 Å². The van der Waals surface area contributed by atoms with Crippen LogP contribution in [0.2, 0.25) is 0 Å². The summed E-state index contributed by atoms with van der Waals surface area (Å²) in [6.45, 7) is 3.05. The van der Waals surface area contributed by atoms with Gasteiger partial charge in [-0.25, -0.2) is 19.6 Å². The van der Waals surface area contributed by atoms with E-state index in [1.54, 1.807) is 16.6 Å². The van der Waals surface area contributed by atoms with Gasteiger partial charge in [-0.3, -0.25) is 4.79 Å². The third-order valence-corrected chi connectivity index (χ3v) is 6.69. The van der Waals surface area contributed by atoms with Crippen LogP contribution in [0, 0.1) is 6.92 Å². The van der Waals surface area contributed by atoms with Crippen molar-refractivity contribution in [1.29, 1.82) is 0 Å². The second-order valence-electron chi connectivity index (χ2n) is 8.12. The third kappa shape index (κ3) is 3.77. The predicted octanol–water partition coefficient (Wildman–Crippen LogP) is 4.39. The molecule has 0 saturated carbocycles. The lowest BCUT2D eigenvalue weighted by Gasteiger charge is -2.28. The monoisotopic (exact) mass is 469 g/mol. The van der Waals surface area contributed by atoms with Gasteiger partial charge in [0.1, 0.15) is 33.9 Å². The largest absolute Gasteiger partial charge is 0.340 e. The van der Waals surface area contributed by atoms with E-state index in [4.69, 9.17) is 4.63 Å². The number of thiazole rings is 1. The highest BCUT2D eigenvalue weighted by Gasteiger charge is 2.27. The molecule has 1 N–H and O–H groups in total. The number of aromatic nitrogens is 5. The van der Waals surface area contributed by atoms with Gasteiger partial charge in [-0.05, 0) is 53.1 Å². The SMILES string of the molecule is Cc1cccc(Nc2ncnc3c2CN(C(=O)c2csc(-c4ccc5nonc5c4)n2)CC3)c1. The Bertz CT molecular complexity index is 1530. The van der Waals surface area contributed by atoms with Crippen LogP contribution in [0.3, 0.4) is 0 Å². The van der Waals surface area contributed by atoms with Crippen molar-refractivity contribution in [3.05, 3.63) is 76.7 Å². The number of hydrogen-bond acceptors (Lipinski definition) is 9. The number of anilines is 2. The van der Waals surface area contributed by atoms with Crippen molar-refractivity contribution in [2.45, 2.75) is 19.9 Å². The number of carbonyl (C=O) groups is 1. The first-order valence-corrected chi connectivity index (χ1v) is 11.7. The zero-order valence-corrected chi connectivity index (χ0v) is 19.0. The zero-order valence-electron chi connectivity index (χ0n) is 18.2. The zero-order chi connectivity index (χ0) is 23.1. The molecular formula is C24H19N7O2S. The van der Waals surface area contributed by atoms with Gasteiger partial charge in [0.2, 0.25) is 0 Å². The molecule has 9 nitrogen and oxygen atoms in total. The predicted molar refractivity (Wildman–Crippen MR) is 128 cm³/mol. The second-order valence-corrected chi connectivity index (χ2v) is 8.98. The molecule has 10 heteroatoms. The summed E-state index contributed by atoms with van der Waals surface area (Å²) in [6, 6.07) is 13.7. The van der Waals surface area contributed by atoms with E-state index in [2.05, 4.69) is 36.6 Å². The minimum Gasteiger partial charge on any atom is -0.340 e. The van der Waals surface area contributed by atoms with E-state index in [1.807, 2.05) is 43.3 Å². The summed E-state index contributed by atoms with van der Waals surface area (Å²) in [5.74, 6) is 0.615.